The maximum absolute atomic E-state index is 13.2. The molecule has 3 fully saturated rings. The number of carbonyl (C=O) groups excluding carboxylic acids is 1. The lowest BCUT2D eigenvalue weighted by Gasteiger charge is -2.40. The van der Waals surface area contributed by atoms with Crippen molar-refractivity contribution in [2.24, 2.45) is 0 Å². The van der Waals surface area contributed by atoms with Gasteiger partial charge in [-0.15, -0.1) is 0 Å². The number of hydrogen-bond donors (Lipinski definition) is 1. The van der Waals surface area contributed by atoms with E-state index in [2.05, 4.69) is 10.2 Å². The molecule has 0 radical (unpaired) electrons. The Morgan fingerprint density at radius 3 is 2.48 bits per heavy atom. The van der Waals surface area contributed by atoms with Gasteiger partial charge in [-0.1, -0.05) is 19.3 Å². The van der Waals surface area contributed by atoms with E-state index in [0.29, 0.717) is 19.0 Å². The molecule has 0 aromatic heterocycles. The van der Waals surface area contributed by atoms with Gasteiger partial charge < -0.3 is 10.2 Å². The standard InChI is InChI=1S/C18H33N3O3S/c1-19-15-6-5-10-20(12-15)13-18(22)21(16-7-3-2-4-8-16)17-9-11-25(23,24)14-17/h15-17,19H,2-14H2,1H3. The molecule has 1 amide bonds. The molecule has 0 spiro atoms. The zero-order chi connectivity index (χ0) is 17.9. The molecule has 2 atom stereocenters. The molecule has 3 aliphatic rings. The third-order valence-corrected chi connectivity index (χ3v) is 7.88. The van der Waals surface area contributed by atoms with Crippen LogP contribution in [0.5, 0.6) is 0 Å². The predicted octanol–water partition coefficient (Wildman–Crippen LogP) is 1.02. The highest BCUT2D eigenvalue weighted by Gasteiger charge is 2.39. The smallest absolute Gasteiger partial charge is 0.237 e. The van der Waals surface area contributed by atoms with Crippen LogP contribution in [0.2, 0.25) is 0 Å². The van der Waals surface area contributed by atoms with E-state index in [9.17, 15) is 13.2 Å². The molecule has 2 heterocycles. The first-order chi connectivity index (χ1) is 12.0. The van der Waals surface area contributed by atoms with Gasteiger partial charge in [-0.05, 0) is 45.7 Å². The number of likely N-dealkylation sites (N-methyl/N-ethyl adjacent to an activating group) is 1. The van der Waals surface area contributed by atoms with E-state index in [1.807, 2.05) is 11.9 Å². The van der Waals surface area contributed by atoms with E-state index in [1.54, 1.807) is 0 Å². The van der Waals surface area contributed by atoms with Crippen LogP contribution in [0.15, 0.2) is 0 Å². The minimum absolute atomic E-state index is 0.106. The molecular weight excluding hydrogens is 338 g/mol. The molecule has 0 aromatic rings. The molecule has 2 unspecified atom stereocenters. The first kappa shape index (κ1) is 19.1. The fraction of sp³-hybridized carbons (Fsp3) is 0.944. The monoisotopic (exact) mass is 371 g/mol. The van der Waals surface area contributed by atoms with E-state index in [-0.39, 0.29) is 29.5 Å². The van der Waals surface area contributed by atoms with E-state index < -0.39 is 9.84 Å². The Bertz CT molecular complexity index is 560. The van der Waals surface area contributed by atoms with Gasteiger partial charge in [-0.25, -0.2) is 8.42 Å². The van der Waals surface area contributed by atoms with Crippen molar-refractivity contribution in [3.05, 3.63) is 0 Å². The zero-order valence-electron chi connectivity index (χ0n) is 15.5. The quantitative estimate of drug-likeness (QED) is 0.781. The van der Waals surface area contributed by atoms with Crippen LogP contribution in [-0.2, 0) is 14.6 Å². The van der Waals surface area contributed by atoms with Gasteiger partial charge in [0, 0.05) is 24.7 Å². The number of nitrogens with one attached hydrogen (secondary N) is 1. The number of carbonyl (C=O) groups is 1. The summed E-state index contributed by atoms with van der Waals surface area (Å²) in [5, 5.41) is 3.32. The van der Waals surface area contributed by atoms with Crippen LogP contribution in [0.4, 0.5) is 0 Å². The van der Waals surface area contributed by atoms with Crippen LogP contribution >= 0.6 is 0 Å². The van der Waals surface area contributed by atoms with Crippen LogP contribution in [0, 0.1) is 0 Å². The summed E-state index contributed by atoms with van der Waals surface area (Å²) in [5.41, 5.74) is 0. The molecule has 0 bridgehead atoms. The number of rotatable bonds is 5. The molecule has 0 aromatic carbocycles. The van der Waals surface area contributed by atoms with E-state index in [4.69, 9.17) is 0 Å². The maximum atomic E-state index is 13.2. The van der Waals surface area contributed by atoms with E-state index in [0.717, 1.165) is 51.6 Å². The highest BCUT2D eigenvalue weighted by atomic mass is 32.2. The fourth-order valence-corrected chi connectivity index (χ4v) is 6.48. The van der Waals surface area contributed by atoms with Crippen LogP contribution in [0.3, 0.4) is 0 Å². The Hall–Kier alpha value is -0.660. The Labute approximate surface area is 152 Å². The van der Waals surface area contributed by atoms with Crippen LogP contribution in [0.1, 0.15) is 51.4 Å². The third kappa shape index (κ3) is 4.95. The molecule has 1 aliphatic carbocycles. The second-order valence-electron chi connectivity index (χ2n) is 8.01. The van der Waals surface area contributed by atoms with Crippen LogP contribution in [-0.4, -0.2) is 80.4 Å². The summed E-state index contributed by atoms with van der Waals surface area (Å²) in [4.78, 5) is 17.4. The lowest BCUT2D eigenvalue weighted by molar-refractivity contribution is -0.138. The summed E-state index contributed by atoms with van der Waals surface area (Å²) >= 11 is 0. The second kappa shape index (κ2) is 8.35. The summed E-state index contributed by atoms with van der Waals surface area (Å²) in [6, 6.07) is 0.589. The first-order valence-corrected chi connectivity index (χ1v) is 11.7. The van der Waals surface area contributed by atoms with E-state index in [1.165, 1.54) is 6.42 Å². The van der Waals surface area contributed by atoms with Gasteiger partial charge in [0.15, 0.2) is 9.84 Å². The number of sulfone groups is 1. The van der Waals surface area contributed by atoms with Crippen LogP contribution < -0.4 is 5.32 Å². The van der Waals surface area contributed by atoms with Crippen molar-refractivity contribution >= 4 is 15.7 Å². The normalized spacial score (nSPS) is 31.1. The first-order valence-electron chi connectivity index (χ1n) is 9.90. The van der Waals surface area contributed by atoms with Gasteiger partial charge in [0.2, 0.25) is 5.91 Å². The fourth-order valence-electron chi connectivity index (χ4n) is 4.77. The molecule has 6 nitrogen and oxygen atoms in total. The summed E-state index contributed by atoms with van der Waals surface area (Å²) in [6.07, 6.45) is 8.48. The molecule has 7 heteroatoms. The highest BCUT2D eigenvalue weighted by molar-refractivity contribution is 7.91. The average Bonchev–Trinajstić information content (AvgIpc) is 2.95. The van der Waals surface area contributed by atoms with Gasteiger partial charge in [0.25, 0.3) is 0 Å². The Morgan fingerprint density at radius 2 is 1.84 bits per heavy atom. The Morgan fingerprint density at radius 1 is 1.08 bits per heavy atom. The lowest BCUT2D eigenvalue weighted by Crippen LogP contribution is -2.54. The highest BCUT2D eigenvalue weighted by Crippen LogP contribution is 2.28. The number of hydrogen-bond acceptors (Lipinski definition) is 5. The number of nitrogens with zero attached hydrogens (tertiary/aromatic N) is 2. The number of likely N-dealkylation sites (tertiary alicyclic amines) is 1. The molecule has 3 rings (SSSR count). The minimum atomic E-state index is -2.98. The van der Waals surface area contributed by atoms with Crippen molar-refractivity contribution in [3.8, 4) is 0 Å². The van der Waals surface area contributed by atoms with E-state index >= 15 is 0 Å². The van der Waals surface area contributed by atoms with Gasteiger partial charge in [-0.3, -0.25) is 9.69 Å². The largest absolute Gasteiger partial charge is 0.335 e. The van der Waals surface area contributed by atoms with Crippen molar-refractivity contribution < 1.29 is 13.2 Å². The van der Waals surface area contributed by atoms with Crippen molar-refractivity contribution in [1.29, 1.82) is 0 Å². The van der Waals surface area contributed by atoms with Gasteiger partial charge >= 0.3 is 0 Å². The third-order valence-electron chi connectivity index (χ3n) is 6.13. The van der Waals surface area contributed by atoms with Crippen LogP contribution in [0.25, 0.3) is 0 Å². The summed E-state index contributed by atoms with van der Waals surface area (Å²) in [7, 11) is -0.996. The average molecular weight is 372 g/mol. The van der Waals surface area contributed by atoms with Crippen molar-refractivity contribution in [2.75, 3.05) is 38.2 Å². The molecule has 25 heavy (non-hydrogen) atoms. The van der Waals surface area contributed by atoms with Crippen molar-refractivity contribution in [3.63, 3.8) is 0 Å². The SMILES string of the molecule is CNC1CCCN(CC(=O)N(C2CCCCC2)C2CCS(=O)(=O)C2)C1. The zero-order valence-corrected chi connectivity index (χ0v) is 16.3. The minimum Gasteiger partial charge on any atom is -0.335 e. The lowest BCUT2D eigenvalue weighted by atomic mass is 9.92. The number of amides is 1. The molecule has 144 valence electrons. The maximum Gasteiger partial charge on any atom is 0.237 e. The Kier molecular flexibility index (Phi) is 6.39. The summed E-state index contributed by atoms with van der Waals surface area (Å²) < 4.78 is 23.9. The predicted molar refractivity (Wildman–Crippen MR) is 99.3 cm³/mol. The topological polar surface area (TPSA) is 69.7 Å². The van der Waals surface area contributed by atoms with Crippen molar-refractivity contribution in [2.45, 2.75) is 69.5 Å². The van der Waals surface area contributed by atoms with Gasteiger partial charge in [0.05, 0.1) is 18.1 Å². The second-order valence-corrected chi connectivity index (χ2v) is 10.2. The molecule has 2 aliphatic heterocycles. The summed E-state index contributed by atoms with van der Waals surface area (Å²) in [6.45, 7) is 2.31. The van der Waals surface area contributed by atoms with Crippen molar-refractivity contribution in [1.82, 2.24) is 15.1 Å². The molecular formula is C18H33N3O3S. The van der Waals surface area contributed by atoms with Gasteiger partial charge in [0.1, 0.15) is 0 Å². The van der Waals surface area contributed by atoms with Gasteiger partial charge in [-0.2, -0.15) is 0 Å². The molecule has 2 saturated heterocycles. The molecule has 1 N–H and O–H groups in total. The summed E-state index contributed by atoms with van der Waals surface area (Å²) in [5.74, 6) is 0.541. The molecule has 1 saturated carbocycles. The Balaban J connectivity index is 1.68. The number of piperidine rings is 1.